The molecule has 1 aliphatic rings. The minimum Gasteiger partial charge on any atom is -0.264 e. The summed E-state index contributed by atoms with van der Waals surface area (Å²) >= 11 is 0. The molecular formula is C13H18F3N3O4. The Balaban J connectivity index is 3.46. The van der Waals surface area contributed by atoms with Crippen molar-refractivity contribution in [3.8, 4) is 0 Å². The van der Waals surface area contributed by atoms with Crippen molar-refractivity contribution in [2.45, 2.75) is 44.6 Å². The van der Waals surface area contributed by atoms with E-state index in [0.717, 1.165) is 0 Å². The first-order valence-electron chi connectivity index (χ1n) is 7.12. The summed E-state index contributed by atoms with van der Waals surface area (Å²) < 4.78 is 38.4. The summed E-state index contributed by atoms with van der Waals surface area (Å²) in [6, 6.07) is -2.11. The molecule has 0 heterocycles. The Kier molecular flexibility index (Phi) is 5.86. The number of nitrogens with zero attached hydrogens (tertiary/aromatic N) is 3. The second kappa shape index (κ2) is 7.07. The molecule has 0 amide bonds. The van der Waals surface area contributed by atoms with Crippen LogP contribution in [-0.2, 0) is 0 Å². The van der Waals surface area contributed by atoms with Crippen LogP contribution in [0.1, 0.15) is 26.7 Å². The maximum absolute atomic E-state index is 12.8. The summed E-state index contributed by atoms with van der Waals surface area (Å²) in [7, 11) is 0. The lowest BCUT2D eigenvalue weighted by Crippen LogP contribution is -2.63. The van der Waals surface area contributed by atoms with E-state index in [9.17, 15) is 33.4 Å². The number of halogens is 3. The van der Waals surface area contributed by atoms with Gasteiger partial charge >= 0.3 is 17.9 Å². The summed E-state index contributed by atoms with van der Waals surface area (Å²) in [5.41, 5.74) is -3.56. The Bertz CT molecular complexity index is 527. The highest BCUT2D eigenvalue weighted by molar-refractivity contribution is 5.34. The number of nitro groups is 2. The topological polar surface area (TPSA) is 89.5 Å². The van der Waals surface area contributed by atoms with E-state index in [1.807, 2.05) is 0 Å². The molecule has 7 nitrogen and oxygen atoms in total. The smallest absolute Gasteiger partial charge is 0.264 e. The van der Waals surface area contributed by atoms with Gasteiger partial charge in [-0.15, -0.1) is 0 Å². The molecule has 0 bridgehead atoms. The fourth-order valence-electron chi connectivity index (χ4n) is 2.65. The maximum Gasteiger partial charge on any atom is 0.416 e. The first kappa shape index (κ1) is 19.1. The molecule has 0 aromatic carbocycles. The van der Waals surface area contributed by atoms with Crippen molar-refractivity contribution in [3.05, 3.63) is 44.0 Å². The summed E-state index contributed by atoms with van der Waals surface area (Å²) in [5.74, 6) is 0. The van der Waals surface area contributed by atoms with Crippen LogP contribution >= 0.6 is 0 Å². The Morgan fingerprint density at radius 3 is 2.09 bits per heavy atom. The molecule has 1 rings (SSSR count). The average Bonchev–Trinajstić information content (AvgIpc) is 2.44. The third kappa shape index (κ3) is 3.69. The number of hydrogen-bond donors (Lipinski definition) is 0. The van der Waals surface area contributed by atoms with Gasteiger partial charge < -0.3 is 0 Å². The van der Waals surface area contributed by atoms with E-state index in [0.29, 0.717) is 31.1 Å². The number of alkyl halides is 3. The molecule has 0 saturated heterocycles. The van der Waals surface area contributed by atoms with Gasteiger partial charge in [-0.25, -0.2) is 4.90 Å². The van der Waals surface area contributed by atoms with Gasteiger partial charge in [-0.05, 0) is 18.9 Å². The van der Waals surface area contributed by atoms with Crippen LogP contribution in [0.25, 0.3) is 0 Å². The van der Waals surface area contributed by atoms with Gasteiger partial charge in [-0.3, -0.25) is 20.2 Å². The minimum atomic E-state index is -4.80. The van der Waals surface area contributed by atoms with Crippen molar-refractivity contribution >= 4 is 0 Å². The monoisotopic (exact) mass is 337 g/mol. The van der Waals surface area contributed by atoms with Crippen LogP contribution in [0, 0.1) is 20.2 Å². The molecule has 0 fully saturated rings. The van der Waals surface area contributed by atoms with Crippen LogP contribution in [0.3, 0.4) is 0 Å². The zero-order valence-corrected chi connectivity index (χ0v) is 12.7. The zero-order chi connectivity index (χ0) is 17.8. The van der Waals surface area contributed by atoms with Gasteiger partial charge in [0.05, 0.1) is 10.5 Å². The summed E-state index contributed by atoms with van der Waals surface area (Å²) in [6.45, 7) is 3.80. The molecule has 0 saturated carbocycles. The average molecular weight is 337 g/mol. The number of allylic oxidation sites excluding steroid dienone is 2. The Labute approximate surface area is 130 Å². The Morgan fingerprint density at radius 2 is 1.74 bits per heavy atom. The molecule has 0 N–H and O–H groups in total. The fraction of sp³-hybridized carbons (Fsp3) is 0.692. The van der Waals surface area contributed by atoms with Gasteiger partial charge in [0, 0.05) is 30.2 Å². The molecule has 10 heteroatoms. The molecule has 1 aliphatic carbocycles. The molecular weight excluding hydrogens is 319 g/mol. The largest absolute Gasteiger partial charge is 0.416 e. The number of hydrogen-bond acceptors (Lipinski definition) is 5. The maximum atomic E-state index is 12.8. The van der Waals surface area contributed by atoms with E-state index < -0.39 is 33.3 Å². The molecule has 2 atom stereocenters. The van der Waals surface area contributed by atoms with Crippen molar-refractivity contribution in [2.24, 2.45) is 0 Å². The second-order valence-corrected chi connectivity index (χ2v) is 5.21. The van der Waals surface area contributed by atoms with Gasteiger partial charge in [0.1, 0.15) is 0 Å². The van der Waals surface area contributed by atoms with Crippen LogP contribution < -0.4 is 0 Å². The summed E-state index contributed by atoms with van der Waals surface area (Å²) in [6.07, 6.45) is -2.25. The van der Waals surface area contributed by atoms with E-state index in [4.69, 9.17) is 0 Å². The van der Waals surface area contributed by atoms with Crippen molar-refractivity contribution in [1.29, 1.82) is 0 Å². The molecule has 0 spiro atoms. The molecule has 0 aliphatic heterocycles. The highest BCUT2D eigenvalue weighted by atomic mass is 19.4. The van der Waals surface area contributed by atoms with Gasteiger partial charge in [0.25, 0.3) is 0 Å². The van der Waals surface area contributed by atoms with Gasteiger partial charge in [-0.2, -0.15) is 13.2 Å². The lowest BCUT2D eigenvalue weighted by atomic mass is 9.90. The molecule has 23 heavy (non-hydrogen) atoms. The van der Waals surface area contributed by atoms with Gasteiger partial charge in [0.2, 0.25) is 0 Å². The van der Waals surface area contributed by atoms with E-state index >= 15 is 0 Å². The highest BCUT2D eigenvalue weighted by Gasteiger charge is 2.61. The number of rotatable bonds is 7. The molecule has 0 radical (unpaired) electrons. The van der Waals surface area contributed by atoms with E-state index in [-0.39, 0.29) is 13.1 Å². The van der Waals surface area contributed by atoms with Crippen molar-refractivity contribution in [3.63, 3.8) is 0 Å². The van der Waals surface area contributed by atoms with Crippen molar-refractivity contribution in [2.75, 3.05) is 13.1 Å². The van der Waals surface area contributed by atoms with Crippen molar-refractivity contribution < 1.29 is 23.0 Å². The molecule has 0 aromatic heterocycles. The summed E-state index contributed by atoms with van der Waals surface area (Å²) in [5, 5.41) is 22.9. The van der Waals surface area contributed by atoms with Crippen LogP contribution in [0.5, 0.6) is 0 Å². The van der Waals surface area contributed by atoms with E-state index in [1.165, 1.54) is 4.90 Å². The first-order chi connectivity index (χ1) is 10.6. The fourth-order valence-corrected chi connectivity index (χ4v) is 2.65. The van der Waals surface area contributed by atoms with Crippen molar-refractivity contribution in [1.82, 2.24) is 4.90 Å². The van der Waals surface area contributed by atoms with Crippen LogP contribution in [0.2, 0.25) is 0 Å². The van der Waals surface area contributed by atoms with Crippen LogP contribution in [-0.4, -0.2) is 45.7 Å². The molecule has 130 valence electrons. The predicted octanol–water partition coefficient (Wildman–Crippen LogP) is 2.79. The highest BCUT2D eigenvalue weighted by Crippen LogP contribution is 2.36. The van der Waals surface area contributed by atoms with E-state index in [2.05, 4.69) is 0 Å². The van der Waals surface area contributed by atoms with Gasteiger partial charge in [0.15, 0.2) is 0 Å². The first-order valence-corrected chi connectivity index (χ1v) is 7.12. The normalized spacial score (nSPS) is 24.6. The van der Waals surface area contributed by atoms with Crippen LogP contribution in [0.4, 0.5) is 13.2 Å². The lowest BCUT2D eigenvalue weighted by molar-refractivity contribution is -0.657. The third-order valence-electron chi connectivity index (χ3n) is 3.62. The quantitative estimate of drug-likeness (QED) is 0.405. The lowest BCUT2D eigenvalue weighted by Gasteiger charge is -2.36. The molecule has 0 aromatic rings. The third-order valence-corrected chi connectivity index (χ3v) is 3.62. The standard InChI is InChI=1S/C13H18F3N3O4/c1-3-7-17(8-4-2)12(19(22)23)6-5-10(13(14,15)16)9-11(12)18(20)21/h5-6,9,11H,3-4,7-8H2,1-2H3. The predicted molar refractivity (Wildman–Crippen MR) is 75.9 cm³/mol. The second-order valence-electron chi connectivity index (χ2n) is 5.21. The SMILES string of the molecule is CCCN(CCC)C1([N+](=O)[O-])C=CC(C(F)(F)F)=CC1[N+](=O)[O-]. The minimum absolute atomic E-state index is 0.165. The van der Waals surface area contributed by atoms with Gasteiger partial charge in [-0.1, -0.05) is 13.8 Å². The summed E-state index contributed by atoms with van der Waals surface area (Å²) in [4.78, 5) is 22.3. The molecule has 2 unspecified atom stereocenters. The zero-order valence-electron chi connectivity index (χ0n) is 12.7. The Morgan fingerprint density at radius 1 is 1.22 bits per heavy atom. The Hall–Kier alpha value is -1.97. The van der Waals surface area contributed by atoms with E-state index in [1.54, 1.807) is 13.8 Å². The van der Waals surface area contributed by atoms with Crippen LogP contribution in [0.15, 0.2) is 23.8 Å².